The molecule has 0 bridgehead atoms. The van der Waals surface area contributed by atoms with Crippen LogP contribution in [0.5, 0.6) is 0 Å². The van der Waals surface area contributed by atoms with E-state index in [4.69, 9.17) is 0 Å². The van der Waals surface area contributed by atoms with Crippen LogP contribution in [-0.2, 0) is 13.1 Å². The fourth-order valence-electron chi connectivity index (χ4n) is 1.93. The molecule has 0 amide bonds. The Kier molecular flexibility index (Phi) is 4.04. The van der Waals surface area contributed by atoms with Gasteiger partial charge in [-0.2, -0.15) is 5.10 Å². The van der Waals surface area contributed by atoms with Crippen LogP contribution in [0.25, 0.3) is 0 Å². The van der Waals surface area contributed by atoms with E-state index in [9.17, 15) is 0 Å². The third kappa shape index (κ3) is 2.73. The second-order valence-corrected chi connectivity index (χ2v) is 4.36. The first-order valence-electron chi connectivity index (χ1n) is 6.19. The predicted octanol–water partition coefficient (Wildman–Crippen LogP) is 1.89. The third-order valence-corrected chi connectivity index (χ3v) is 3.24. The normalized spacial score (nSPS) is 12.9. The lowest BCUT2D eigenvalue weighted by atomic mass is 10.1. The van der Waals surface area contributed by atoms with Crippen LogP contribution >= 0.6 is 0 Å². The smallest absolute Gasteiger partial charge is 0.141 e. The van der Waals surface area contributed by atoms with Gasteiger partial charge in [-0.25, -0.2) is 9.67 Å². The van der Waals surface area contributed by atoms with Crippen LogP contribution in [0.1, 0.15) is 31.3 Å². The zero-order valence-corrected chi connectivity index (χ0v) is 11.1. The molecule has 0 aliphatic heterocycles. The number of nitrogens with zero attached hydrogens (tertiary/aromatic N) is 5. The summed E-state index contributed by atoms with van der Waals surface area (Å²) in [6.45, 7) is 5.90. The molecule has 0 N–H and O–H groups in total. The maximum absolute atomic E-state index is 4.30. The number of pyridine rings is 1. The van der Waals surface area contributed by atoms with Gasteiger partial charge in [0.05, 0.1) is 6.54 Å². The molecule has 96 valence electrons. The summed E-state index contributed by atoms with van der Waals surface area (Å²) >= 11 is 0. The number of rotatable bonds is 5. The Labute approximate surface area is 107 Å². The van der Waals surface area contributed by atoms with Gasteiger partial charge in [0.2, 0.25) is 0 Å². The second-order valence-electron chi connectivity index (χ2n) is 4.36. The molecule has 2 rings (SSSR count). The molecule has 2 aromatic rings. The zero-order chi connectivity index (χ0) is 13.0. The van der Waals surface area contributed by atoms with Gasteiger partial charge in [0.25, 0.3) is 0 Å². The first kappa shape index (κ1) is 12.7. The van der Waals surface area contributed by atoms with Crippen molar-refractivity contribution >= 4 is 0 Å². The van der Waals surface area contributed by atoms with Crippen molar-refractivity contribution in [3.63, 3.8) is 0 Å². The molecule has 0 unspecified atom stereocenters. The highest BCUT2D eigenvalue weighted by Gasteiger charge is 2.14. The van der Waals surface area contributed by atoms with E-state index in [-0.39, 0.29) is 0 Å². The summed E-state index contributed by atoms with van der Waals surface area (Å²) < 4.78 is 1.93. The number of aryl methyl sites for hydroxylation is 1. The lowest BCUT2D eigenvalue weighted by molar-refractivity contribution is 0.242. The Hall–Kier alpha value is -1.75. The lowest BCUT2D eigenvalue weighted by Crippen LogP contribution is -2.24. The van der Waals surface area contributed by atoms with E-state index in [1.807, 2.05) is 29.2 Å². The molecule has 1 atom stereocenters. The van der Waals surface area contributed by atoms with Crippen LogP contribution in [-0.4, -0.2) is 31.7 Å². The average molecular weight is 245 g/mol. The van der Waals surface area contributed by atoms with Crippen molar-refractivity contribution in [3.05, 3.63) is 42.2 Å². The molecule has 0 radical (unpaired) electrons. The zero-order valence-electron chi connectivity index (χ0n) is 11.1. The summed E-state index contributed by atoms with van der Waals surface area (Å²) in [5, 5.41) is 4.19. The molecule has 0 aromatic carbocycles. The Morgan fingerprint density at radius 3 is 2.72 bits per heavy atom. The fourth-order valence-corrected chi connectivity index (χ4v) is 1.93. The van der Waals surface area contributed by atoms with Gasteiger partial charge in [0.15, 0.2) is 0 Å². The van der Waals surface area contributed by atoms with E-state index < -0.39 is 0 Å². The topological polar surface area (TPSA) is 46.8 Å². The molecular formula is C13H19N5. The van der Waals surface area contributed by atoms with E-state index >= 15 is 0 Å². The van der Waals surface area contributed by atoms with Crippen LogP contribution in [0, 0.1) is 0 Å². The quantitative estimate of drug-likeness (QED) is 0.807. The molecular weight excluding hydrogens is 226 g/mol. The Morgan fingerprint density at radius 1 is 1.33 bits per heavy atom. The van der Waals surface area contributed by atoms with E-state index in [0.717, 1.165) is 18.9 Å². The fraction of sp³-hybridized carbons (Fsp3) is 0.462. The molecule has 0 aliphatic rings. The lowest BCUT2D eigenvalue weighted by Gasteiger charge is -2.24. The number of aromatic nitrogens is 4. The second kappa shape index (κ2) is 5.73. The Bertz CT molecular complexity index is 479. The van der Waals surface area contributed by atoms with E-state index in [1.165, 1.54) is 5.56 Å². The van der Waals surface area contributed by atoms with Crippen molar-refractivity contribution in [2.24, 2.45) is 0 Å². The van der Waals surface area contributed by atoms with Gasteiger partial charge < -0.3 is 0 Å². The number of hydrogen-bond acceptors (Lipinski definition) is 4. The summed E-state index contributed by atoms with van der Waals surface area (Å²) in [6.07, 6.45) is 5.27. The summed E-state index contributed by atoms with van der Waals surface area (Å²) in [6, 6.07) is 4.42. The van der Waals surface area contributed by atoms with Crippen molar-refractivity contribution in [2.75, 3.05) is 7.05 Å². The van der Waals surface area contributed by atoms with Gasteiger partial charge in [-0.1, -0.05) is 0 Å². The van der Waals surface area contributed by atoms with Crippen LogP contribution < -0.4 is 0 Å². The van der Waals surface area contributed by atoms with Crippen molar-refractivity contribution in [1.82, 2.24) is 24.6 Å². The molecule has 0 aliphatic carbocycles. The highest BCUT2D eigenvalue weighted by atomic mass is 15.3. The van der Waals surface area contributed by atoms with Gasteiger partial charge in [-0.05, 0) is 38.6 Å². The molecule has 0 spiro atoms. The maximum Gasteiger partial charge on any atom is 0.141 e. The first-order valence-corrected chi connectivity index (χ1v) is 6.19. The molecule has 2 heterocycles. The van der Waals surface area contributed by atoms with Crippen LogP contribution in [0.4, 0.5) is 0 Å². The van der Waals surface area contributed by atoms with Gasteiger partial charge in [-0.3, -0.25) is 9.88 Å². The third-order valence-electron chi connectivity index (χ3n) is 3.24. The summed E-state index contributed by atoms with van der Waals surface area (Å²) in [5.74, 6) is 1.00. The van der Waals surface area contributed by atoms with Gasteiger partial charge in [-0.15, -0.1) is 0 Å². The van der Waals surface area contributed by atoms with Crippen molar-refractivity contribution < 1.29 is 0 Å². The molecule has 0 saturated heterocycles. The minimum atomic E-state index is 0.329. The highest BCUT2D eigenvalue weighted by Crippen LogP contribution is 2.19. The van der Waals surface area contributed by atoms with Gasteiger partial charge in [0.1, 0.15) is 12.2 Å². The van der Waals surface area contributed by atoms with Gasteiger partial charge >= 0.3 is 0 Å². The standard InChI is InChI=1S/C13H19N5/c1-4-18-13(15-10-16-18)9-17(3)11(2)12-5-7-14-8-6-12/h5-8,10-11H,4,9H2,1-3H3/t11-/m0/s1. The van der Waals surface area contributed by atoms with Crippen molar-refractivity contribution in [2.45, 2.75) is 33.0 Å². The minimum Gasteiger partial charge on any atom is -0.292 e. The van der Waals surface area contributed by atoms with Crippen LogP contribution in [0.15, 0.2) is 30.9 Å². The first-order chi connectivity index (χ1) is 8.72. The van der Waals surface area contributed by atoms with Crippen LogP contribution in [0.3, 0.4) is 0 Å². The highest BCUT2D eigenvalue weighted by molar-refractivity contribution is 5.14. The van der Waals surface area contributed by atoms with E-state index in [1.54, 1.807) is 6.33 Å². The SMILES string of the molecule is CCn1ncnc1CN(C)[C@@H](C)c1ccncc1. The molecule has 0 saturated carbocycles. The molecule has 0 fully saturated rings. The minimum absolute atomic E-state index is 0.329. The van der Waals surface area contributed by atoms with Crippen LogP contribution in [0.2, 0.25) is 0 Å². The van der Waals surface area contributed by atoms with Crippen molar-refractivity contribution in [3.8, 4) is 0 Å². The van der Waals surface area contributed by atoms with Crippen molar-refractivity contribution in [1.29, 1.82) is 0 Å². The number of hydrogen-bond donors (Lipinski definition) is 0. The predicted molar refractivity (Wildman–Crippen MR) is 69.8 cm³/mol. The summed E-state index contributed by atoms with van der Waals surface area (Å²) in [7, 11) is 2.10. The molecule has 5 heteroatoms. The maximum atomic E-state index is 4.30. The van der Waals surface area contributed by atoms with E-state index in [2.05, 4.69) is 40.9 Å². The molecule has 18 heavy (non-hydrogen) atoms. The molecule has 2 aromatic heterocycles. The average Bonchev–Trinajstić information content (AvgIpc) is 2.86. The molecule has 5 nitrogen and oxygen atoms in total. The van der Waals surface area contributed by atoms with Gasteiger partial charge in [0, 0.05) is 25.0 Å². The summed E-state index contributed by atoms with van der Waals surface area (Å²) in [4.78, 5) is 10.6. The summed E-state index contributed by atoms with van der Waals surface area (Å²) in [5.41, 5.74) is 1.26. The largest absolute Gasteiger partial charge is 0.292 e. The Morgan fingerprint density at radius 2 is 2.06 bits per heavy atom. The van der Waals surface area contributed by atoms with E-state index in [0.29, 0.717) is 6.04 Å². The Balaban J connectivity index is 2.06. The monoisotopic (exact) mass is 245 g/mol.